The Morgan fingerprint density at radius 2 is 2.00 bits per heavy atom. The van der Waals surface area contributed by atoms with E-state index in [1.165, 1.54) is 7.11 Å². The first-order valence-electron chi connectivity index (χ1n) is 7.07. The van der Waals surface area contributed by atoms with Crippen LogP contribution >= 0.6 is 11.6 Å². The van der Waals surface area contributed by atoms with Crippen LogP contribution in [0.15, 0.2) is 18.2 Å². The van der Waals surface area contributed by atoms with Gasteiger partial charge in [0.05, 0.1) is 23.5 Å². The second-order valence-corrected chi connectivity index (χ2v) is 6.31. The molecular formula is C16H21ClN2O2. The van der Waals surface area contributed by atoms with Crippen molar-refractivity contribution in [3.8, 4) is 0 Å². The van der Waals surface area contributed by atoms with Gasteiger partial charge in [-0.25, -0.2) is 9.78 Å². The average molecular weight is 309 g/mol. The van der Waals surface area contributed by atoms with E-state index in [0.29, 0.717) is 5.82 Å². The van der Waals surface area contributed by atoms with E-state index in [0.717, 1.165) is 16.6 Å². The molecule has 4 nitrogen and oxygen atoms in total. The van der Waals surface area contributed by atoms with Crippen molar-refractivity contribution < 1.29 is 9.53 Å². The van der Waals surface area contributed by atoms with Crippen LogP contribution < -0.4 is 0 Å². The summed E-state index contributed by atoms with van der Waals surface area (Å²) in [5.74, 6) is 0.496. The molecule has 0 aliphatic rings. The van der Waals surface area contributed by atoms with Crippen LogP contribution in [0.4, 0.5) is 0 Å². The van der Waals surface area contributed by atoms with E-state index in [2.05, 4.69) is 4.98 Å². The summed E-state index contributed by atoms with van der Waals surface area (Å²) in [7, 11) is 1.41. The first kappa shape index (κ1) is 15.8. The molecule has 1 heterocycles. The topological polar surface area (TPSA) is 44.1 Å². The number of nitrogens with zero attached hydrogens (tertiary/aromatic N) is 2. The summed E-state index contributed by atoms with van der Waals surface area (Å²) in [5, 5.41) is -0.288. The second kappa shape index (κ2) is 6.06. The molecule has 1 aromatic carbocycles. The molecule has 1 aromatic heterocycles. The molecule has 0 spiro atoms. The predicted octanol–water partition coefficient (Wildman–Crippen LogP) is 4.01. The zero-order valence-electron chi connectivity index (χ0n) is 13.1. The summed E-state index contributed by atoms with van der Waals surface area (Å²) >= 11 is 6.28. The van der Waals surface area contributed by atoms with Crippen LogP contribution in [0.5, 0.6) is 0 Å². The number of carbonyl (C=O) groups excluding carboxylic acids is 1. The molecule has 0 aliphatic heterocycles. The summed E-state index contributed by atoms with van der Waals surface area (Å²) < 4.78 is 6.91. The molecule has 0 fully saturated rings. The number of aromatic nitrogens is 2. The Morgan fingerprint density at radius 1 is 1.33 bits per heavy atom. The number of hydrogen-bond acceptors (Lipinski definition) is 3. The van der Waals surface area contributed by atoms with Crippen molar-refractivity contribution in [3.05, 3.63) is 29.6 Å². The lowest BCUT2D eigenvalue weighted by molar-refractivity contribution is -0.146. The minimum Gasteiger partial charge on any atom is -0.467 e. The first-order valence-corrected chi connectivity index (χ1v) is 7.50. The fraction of sp³-hybridized carbons (Fsp3) is 0.500. The monoisotopic (exact) mass is 308 g/mol. The number of benzene rings is 1. The van der Waals surface area contributed by atoms with Crippen LogP contribution in [-0.4, -0.2) is 22.6 Å². The molecular weight excluding hydrogens is 288 g/mol. The van der Waals surface area contributed by atoms with Crippen LogP contribution in [0.1, 0.15) is 43.6 Å². The predicted molar refractivity (Wildman–Crippen MR) is 84.6 cm³/mol. The van der Waals surface area contributed by atoms with Gasteiger partial charge in [-0.2, -0.15) is 0 Å². The third kappa shape index (κ3) is 2.91. The Labute approximate surface area is 130 Å². The van der Waals surface area contributed by atoms with Crippen molar-refractivity contribution >= 4 is 28.6 Å². The van der Waals surface area contributed by atoms with Gasteiger partial charge in [-0.05, 0) is 37.5 Å². The number of imidazole rings is 1. The number of fused-ring (bicyclic) bond motifs is 1. The zero-order valence-corrected chi connectivity index (χ0v) is 13.8. The molecule has 0 saturated heterocycles. The van der Waals surface area contributed by atoms with E-state index in [-0.39, 0.29) is 17.3 Å². The lowest BCUT2D eigenvalue weighted by atomic mass is 10.0. The van der Waals surface area contributed by atoms with Gasteiger partial charge in [0.15, 0.2) is 0 Å². The number of alkyl halides is 1. The molecule has 0 saturated carbocycles. The van der Waals surface area contributed by atoms with Crippen LogP contribution in [-0.2, 0) is 9.53 Å². The fourth-order valence-corrected chi connectivity index (χ4v) is 2.74. The summed E-state index contributed by atoms with van der Waals surface area (Å²) in [6, 6.07) is 5.56. The molecule has 0 amide bonds. The van der Waals surface area contributed by atoms with E-state index in [4.69, 9.17) is 16.3 Å². The van der Waals surface area contributed by atoms with Gasteiger partial charge in [0.2, 0.25) is 0 Å². The normalized spacial score (nSPS) is 14.4. The molecule has 0 radical (unpaired) electrons. The van der Waals surface area contributed by atoms with E-state index in [9.17, 15) is 4.79 Å². The van der Waals surface area contributed by atoms with Gasteiger partial charge < -0.3 is 9.30 Å². The maximum absolute atomic E-state index is 12.2. The number of hydrogen-bond donors (Lipinski definition) is 0. The van der Waals surface area contributed by atoms with Gasteiger partial charge in [0.1, 0.15) is 11.9 Å². The molecule has 2 rings (SSSR count). The van der Waals surface area contributed by atoms with Gasteiger partial charge in [0, 0.05) is 0 Å². The molecule has 0 bridgehead atoms. The van der Waals surface area contributed by atoms with Gasteiger partial charge in [-0.15, -0.1) is 11.6 Å². The highest BCUT2D eigenvalue weighted by Gasteiger charge is 2.30. The van der Waals surface area contributed by atoms with Gasteiger partial charge in [-0.3, -0.25) is 0 Å². The van der Waals surface area contributed by atoms with Gasteiger partial charge in [0.25, 0.3) is 0 Å². The molecule has 2 aromatic rings. The number of methoxy groups -OCH3 is 1. The number of aryl methyl sites for hydroxylation is 1. The van der Waals surface area contributed by atoms with E-state index in [1.807, 2.05) is 50.5 Å². The van der Waals surface area contributed by atoms with Crippen molar-refractivity contribution in [1.82, 2.24) is 9.55 Å². The Morgan fingerprint density at radius 3 is 2.52 bits per heavy atom. The Balaban J connectivity index is 2.76. The van der Waals surface area contributed by atoms with Crippen molar-refractivity contribution in [3.63, 3.8) is 0 Å². The summed E-state index contributed by atoms with van der Waals surface area (Å²) in [6.45, 7) is 7.86. The third-order valence-corrected chi connectivity index (χ3v) is 3.78. The highest BCUT2D eigenvalue weighted by atomic mass is 35.5. The number of rotatable bonds is 4. The number of esters is 1. The summed E-state index contributed by atoms with van der Waals surface area (Å²) in [4.78, 5) is 16.8. The number of carbonyl (C=O) groups is 1. The van der Waals surface area contributed by atoms with Gasteiger partial charge in [-0.1, -0.05) is 19.9 Å². The smallest absolute Gasteiger partial charge is 0.329 e. The summed E-state index contributed by atoms with van der Waals surface area (Å²) in [6.07, 6.45) is 0. The molecule has 5 heteroatoms. The highest BCUT2D eigenvalue weighted by molar-refractivity contribution is 6.20. The summed E-state index contributed by atoms with van der Waals surface area (Å²) in [5.41, 5.74) is 2.88. The number of ether oxygens (including phenoxy) is 1. The molecule has 0 N–H and O–H groups in total. The van der Waals surface area contributed by atoms with Crippen LogP contribution in [0.3, 0.4) is 0 Å². The fourth-order valence-electron chi connectivity index (χ4n) is 2.59. The highest BCUT2D eigenvalue weighted by Crippen LogP contribution is 2.32. The first-order chi connectivity index (χ1) is 9.86. The van der Waals surface area contributed by atoms with Crippen molar-refractivity contribution in [1.29, 1.82) is 0 Å². The van der Waals surface area contributed by atoms with Crippen LogP contribution in [0, 0.1) is 12.8 Å². The quantitative estimate of drug-likeness (QED) is 0.633. The second-order valence-electron chi connectivity index (χ2n) is 5.66. The SMILES string of the molecule is COC(=O)C(C(C)C)n1c(C(C)Cl)nc2ccc(C)cc21. The Kier molecular flexibility index (Phi) is 4.57. The largest absolute Gasteiger partial charge is 0.467 e. The van der Waals surface area contributed by atoms with E-state index in [1.54, 1.807) is 0 Å². The standard InChI is InChI=1S/C16H21ClN2O2/c1-9(2)14(16(20)21-5)19-13-8-10(3)6-7-12(13)18-15(19)11(4)17/h6-9,11,14H,1-5H3. The maximum Gasteiger partial charge on any atom is 0.329 e. The molecule has 2 unspecified atom stereocenters. The van der Waals surface area contributed by atoms with Crippen molar-refractivity contribution in [2.45, 2.75) is 39.1 Å². The molecule has 0 aliphatic carbocycles. The van der Waals surface area contributed by atoms with Crippen LogP contribution in [0.25, 0.3) is 11.0 Å². The Hall–Kier alpha value is -1.55. The van der Waals surface area contributed by atoms with E-state index >= 15 is 0 Å². The van der Waals surface area contributed by atoms with Crippen molar-refractivity contribution in [2.24, 2.45) is 5.92 Å². The van der Waals surface area contributed by atoms with Crippen LogP contribution in [0.2, 0.25) is 0 Å². The lowest BCUT2D eigenvalue weighted by Crippen LogP contribution is -2.27. The maximum atomic E-state index is 12.2. The molecule has 21 heavy (non-hydrogen) atoms. The van der Waals surface area contributed by atoms with E-state index < -0.39 is 6.04 Å². The molecule has 114 valence electrons. The average Bonchev–Trinajstić information content (AvgIpc) is 2.77. The minimum atomic E-state index is -0.432. The zero-order chi connectivity index (χ0) is 15.7. The third-order valence-electron chi connectivity index (χ3n) is 3.58. The Bertz CT molecular complexity index is 662. The lowest BCUT2D eigenvalue weighted by Gasteiger charge is -2.23. The number of halogens is 1. The van der Waals surface area contributed by atoms with Gasteiger partial charge >= 0.3 is 5.97 Å². The van der Waals surface area contributed by atoms with Crippen molar-refractivity contribution in [2.75, 3.05) is 7.11 Å². The molecule has 2 atom stereocenters. The minimum absolute atomic E-state index is 0.0736.